The molecule has 1 heterocycles. The normalized spacial score (nSPS) is 12.6. The predicted octanol–water partition coefficient (Wildman–Crippen LogP) is 14.7. The molecule has 10 aromatic rings. The number of hydrogen-bond acceptors (Lipinski definition) is 3. The Morgan fingerprint density at radius 3 is 1.41 bits per heavy atom. The summed E-state index contributed by atoms with van der Waals surface area (Å²) in [6.45, 7) is 0. The van der Waals surface area contributed by atoms with Crippen molar-refractivity contribution in [3.05, 3.63) is 252 Å². The van der Waals surface area contributed by atoms with Crippen molar-refractivity contribution in [2.75, 3.05) is 0 Å². The van der Waals surface area contributed by atoms with E-state index < -0.39 is 5.41 Å². The summed E-state index contributed by atoms with van der Waals surface area (Å²) in [5.74, 6) is 0.674. The van der Waals surface area contributed by atoms with Crippen LogP contribution in [0.4, 0.5) is 0 Å². The van der Waals surface area contributed by atoms with Crippen LogP contribution in [0.5, 0.6) is 0 Å². The monoisotopic (exact) mass is 799 g/mol. The minimum absolute atomic E-state index is 0.515. The molecule has 0 bridgehead atoms. The highest BCUT2D eigenvalue weighted by Crippen LogP contribution is 2.63. The Balaban J connectivity index is 1.03. The Morgan fingerprint density at radius 1 is 0.302 bits per heavy atom. The Bertz CT molecular complexity index is 3350. The van der Waals surface area contributed by atoms with Crippen molar-refractivity contribution in [2.45, 2.75) is 5.41 Å². The van der Waals surface area contributed by atoms with Crippen LogP contribution in [0.1, 0.15) is 27.8 Å². The van der Waals surface area contributed by atoms with Gasteiger partial charge in [0.2, 0.25) is 0 Å². The van der Waals surface area contributed by atoms with Gasteiger partial charge in [-0.2, -0.15) is 5.26 Å². The fraction of sp³-hybridized carbons (Fsp3) is 0.0167. The third kappa shape index (κ3) is 5.88. The van der Waals surface area contributed by atoms with Crippen molar-refractivity contribution in [3.8, 4) is 95.6 Å². The molecule has 0 atom stereocenters. The van der Waals surface area contributed by atoms with Crippen LogP contribution in [0, 0.1) is 11.3 Å². The second kappa shape index (κ2) is 14.6. The standard InChI is InChI=1S/C60H37N3/c61-38-39-27-30-55-52(31-39)51-29-28-44(36-56(51)60(55)53-25-12-10-23-49(53)50-24-11-13-26-54(50)60)43-21-14-22-45(32-43)57-37-58(63-59(62-57)42-19-8-3-9-20-42)48-34-46(40-15-4-1-5-16-40)33-47(35-48)41-17-6-2-7-18-41/h1-37H. The van der Waals surface area contributed by atoms with Gasteiger partial charge in [0.05, 0.1) is 28.4 Å². The van der Waals surface area contributed by atoms with E-state index in [0.29, 0.717) is 11.4 Å². The van der Waals surface area contributed by atoms with Crippen LogP contribution in [-0.4, -0.2) is 9.97 Å². The zero-order valence-electron chi connectivity index (χ0n) is 34.2. The topological polar surface area (TPSA) is 49.6 Å². The number of benzene rings is 9. The van der Waals surface area contributed by atoms with Crippen LogP contribution in [0.15, 0.2) is 224 Å². The van der Waals surface area contributed by atoms with Crippen LogP contribution in [0.3, 0.4) is 0 Å². The van der Waals surface area contributed by atoms with Crippen molar-refractivity contribution >= 4 is 0 Å². The first kappa shape index (κ1) is 36.4. The Labute approximate surface area is 366 Å². The van der Waals surface area contributed by atoms with Gasteiger partial charge in [-0.1, -0.05) is 176 Å². The van der Waals surface area contributed by atoms with Crippen LogP contribution in [-0.2, 0) is 5.41 Å². The van der Waals surface area contributed by atoms with E-state index >= 15 is 0 Å². The first-order chi connectivity index (χ1) is 31.2. The van der Waals surface area contributed by atoms with Crippen molar-refractivity contribution in [1.82, 2.24) is 9.97 Å². The molecule has 63 heavy (non-hydrogen) atoms. The summed E-state index contributed by atoms with van der Waals surface area (Å²) < 4.78 is 0. The van der Waals surface area contributed by atoms with Crippen LogP contribution < -0.4 is 0 Å². The molecule has 1 spiro atoms. The van der Waals surface area contributed by atoms with E-state index in [1.807, 2.05) is 24.3 Å². The molecule has 0 amide bonds. The van der Waals surface area contributed by atoms with E-state index in [4.69, 9.17) is 9.97 Å². The van der Waals surface area contributed by atoms with E-state index in [-0.39, 0.29) is 0 Å². The van der Waals surface area contributed by atoms with Gasteiger partial charge < -0.3 is 0 Å². The maximum Gasteiger partial charge on any atom is 0.160 e. The molecule has 292 valence electrons. The lowest BCUT2D eigenvalue weighted by molar-refractivity contribution is 0.794. The minimum atomic E-state index is -0.515. The van der Waals surface area contributed by atoms with Crippen molar-refractivity contribution < 1.29 is 0 Å². The van der Waals surface area contributed by atoms with E-state index in [2.05, 4.69) is 206 Å². The molecule has 0 aliphatic heterocycles. The van der Waals surface area contributed by atoms with Crippen molar-refractivity contribution in [2.24, 2.45) is 0 Å². The highest BCUT2D eigenvalue weighted by atomic mass is 14.9. The van der Waals surface area contributed by atoms with Gasteiger partial charge in [-0.05, 0) is 126 Å². The lowest BCUT2D eigenvalue weighted by Gasteiger charge is -2.30. The number of nitriles is 1. The summed E-state index contributed by atoms with van der Waals surface area (Å²) in [4.78, 5) is 10.5. The summed E-state index contributed by atoms with van der Waals surface area (Å²) in [7, 11) is 0. The molecule has 3 heteroatoms. The lowest BCUT2D eigenvalue weighted by atomic mass is 9.70. The number of aromatic nitrogens is 2. The zero-order valence-corrected chi connectivity index (χ0v) is 34.2. The molecular weight excluding hydrogens is 763 g/mol. The molecule has 0 N–H and O–H groups in total. The smallest absolute Gasteiger partial charge is 0.160 e. The van der Waals surface area contributed by atoms with E-state index in [1.54, 1.807) is 0 Å². The molecule has 0 radical (unpaired) electrons. The van der Waals surface area contributed by atoms with Gasteiger partial charge in [-0.15, -0.1) is 0 Å². The predicted molar refractivity (Wildman–Crippen MR) is 256 cm³/mol. The fourth-order valence-corrected chi connectivity index (χ4v) is 10.1. The second-order valence-corrected chi connectivity index (χ2v) is 16.4. The summed E-state index contributed by atoms with van der Waals surface area (Å²) >= 11 is 0. The maximum atomic E-state index is 10.0. The molecule has 3 nitrogen and oxygen atoms in total. The summed E-state index contributed by atoms with van der Waals surface area (Å²) in [6, 6.07) is 82.1. The molecular formula is C60H37N3. The van der Waals surface area contributed by atoms with Gasteiger partial charge in [-0.3, -0.25) is 0 Å². The summed E-state index contributed by atoms with van der Waals surface area (Å²) in [6.07, 6.45) is 0. The minimum Gasteiger partial charge on any atom is -0.228 e. The maximum absolute atomic E-state index is 10.0. The molecule has 0 saturated carbocycles. The number of rotatable bonds is 6. The number of nitrogens with zero attached hydrogens (tertiary/aromatic N) is 3. The first-order valence-electron chi connectivity index (χ1n) is 21.4. The average Bonchev–Trinajstić information content (AvgIpc) is 3.83. The van der Waals surface area contributed by atoms with Crippen LogP contribution >= 0.6 is 0 Å². The molecule has 12 rings (SSSR count). The zero-order chi connectivity index (χ0) is 41.9. The van der Waals surface area contributed by atoms with Gasteiger partial charge in [0.15, 0.2) is 5.82 Å². The van der Waals surface area contributed by atoms with E-state index in [9.17, 15) is 5.26 Å². The Hall–Kier alpha value is -8.45. The second-order valence-electron chi connectivity index (χ2n) is 16.4. The molecule has 0 fully saturated rings. The molecule has 1 aromatic heterocycles. The van der Waals surface area contributed by atoms with Gasteiger partial charge in [0.1, 0.15) is 0 Å². The van der Waals surface area contributed by atoms with E-state index in [1.165, 1.54) is 33.4 Å². The van der Waals surface area contributed by atoms with Crippen molar-refractivity contribution in [1.29, 1.82) is 5.26 Å². The summed E-state index contributed by atoms with van der Waals surface area (Å²) in [5, 5.41) is 10.0. The fourth-order valence-electron chi connectivity index (χ4n) is 10.1. The highest BCUT2D eigenvalue weighted by molar-refractivity contribution is 5.96. The largest absolute Gasteiger partial charge is 0.228 e. The first-order valence-corrected chi connectivity index (χ1v) is 21.4. The molecule has 2 aliphatic rings. The average molecular weight is 800 g/mol. The third-order valence-electron chi connectivity index (χ3n) is 12.9. The SMILES string of the molecule is N#Cc1ccc2c(c1)-c1ccc(-c3cccc(-c4cc(-c5cc(-c6ccccc6)cc(-c6ccccc6)c5)nc(-c5ccccc5)n4)c3)cc1C21c2ccccc2-c2ccccc21. The molecule has 9 aromatic carbocycles. The molecule has 2 aliphatic carbocycles. The van der Waals surface area contributed by atoms with Crippen LogP contribution in [0.25, 0.3) is 89.5 Å². The Kier molecular flexibility index (Phi) is 8.45. The van der Waals surface area contributed by atoms with E-state index in [0.717, 1.165) is 72.6 Å². The van der Waals surface area contributed by atoms with Gasteiger partial charge >= 0.3 is 0 Å². The lowest BCUT2D eigenvalue weighted by Crippen LogP contribution is -2.25. The highest BCUT2D eigenvalue weighted by Gasteiger charge is 2.51. The van der Waals surface area contributed by atoms with Gasteiger partial charge in [0.25, 0.3) is 0 Å². The summed E-state index contributed by atoms with van der Waals surface area (Å²) in [5.41, 5.74) is 21.4. The molecule has 0 saturated heterocycles. The molecule has 0 unspecified atom stereocenters. The van der Waals surface area contributed by atoms with Gasteiger partial charge in [-0.25, -0.2) is 9.97 Å². The quantitative estimate of drug-likeness (QED) is 0.168. The Morgan fingerprint density at radius 2 is 0.778 bits per heavy atom. The number of hydrogen-bond donors (Lipinski definition) is 0. The van der Waals surface area contributed by atoms with Crippen molar-refractivity contribution in [3.63, 3.8) is 0 Å². The van der Waals surface area contributed by atoms with Gasteiger partial charge in [0, 0.05) is 16.7 Å². The third-order valence-corrected chi connectivity index (χ3v) is 12.9. The van der Waals surface area contributed by atoms with Crippen LogP contribution in [0.2, 0.25) is 0 Å². The number of fused-ring (bicyclic) bond motifs is 10.